The van der Waals surface area contributed by atoms with E-state index in [0.717, 1.165) is 13.0 Å². The van der Waals surface area contributed by atoms with Crippen LogP contribution >= 0.6 is 0 Å². The molecule has 0 N–H and O–H groups in total. The van der Waals surface area contributed by atoms with Crippen molar-refractivity contribution in [3.8, 4) is 0 Å². The molecule has 1 aromatic heterocycles. The molecule has 0 radical (unpaired) electrons. The minimum absolute atomic E-state index is 1.06. The van der Waals surface area contributed by atoms with Crippen molar-refractivity contribution in [1.82, 2.24) is 0 Å². The van der Waals surface area contributed by atoms with Gasteiger partial charge in [0.15, 0.2) is 12.4 Å². The molecule has 0 amide bonds. The minimum Gasteiger partial charge on any atom is -0.205 e. The number of rotatable bonds is 2. The van der Waals surface area contributed by atoms with Gasteiger partial charge in [-0.3, -0.25) is 0 Å². The van der Waals surface area contributed by atoms with Gasteiger partial charge in [-0.25, -0.2) is 4.57 Å². The summed E-state index contributed by atoms with van der Waals surface area (Å²) in [5, 5.41) is 0. The second kappa shape index (κ2) is 3.51. The Kier molecular flexibility index (Phi) is 2.64. The lowest BCUT2D eigenvalue weighted by Crippen LogP contribution is -2.32. The van der Waals surface area contributed by atoms with E-state index in [4.69, 9.17) is 0 Å². The van der Waals surface area contributed by atoms with Crippen LogP contribution in [0.25, 0.3) is 0 Å². The molecule has 60 valence electrons. The maximum atomic E-state index is 2.24. The summed E-state index contributed by atoms with van der Waals surface area (Å²) in [6, 6.07) is 2.24. The van der Waals surface area contributed by atoms with Crippen LogP contribution in [0.15, 0.2) is 18.5 Å². The fourth-order valence-electron chi connectivity index (χ4n) is 1.25. The smallest absolute Gasteiger partial charge is 0.171 e. The number of nitrogens with zero attached hydrogens (tertiary/aromatic N) is 1. The zero-order chi connectivity index (χ0) is 8.27. The van der Waals surface area contributed by atoms with Crippen LogP contribution in [0.1, 0.15) is 25.0 Å². The summed E-state index contributed by atoms with van der Waals surface area (Å²) < 4.78 is 2.23. The summed E-state index contributed by atoms with van der Waals surface area (Å²) in [5.41, 5.74) is 2.78. The van der Waals surface area contributed by atoms with Crippen LogP contribution < -0.4 is 4.57 Å². The average molecular weight is 150 g/mol. The topological polar surface area (TPSA) is 3.88 Å². The number of aromatic nitrogens is 1. The van der Waals surface area contributed by atoms with E-state index >= 15 is 0 Å². The molecule has 0 aromatic carbocycles. The predicted octanol–water partition coefficient (Wildman–Crippen LogP) is 1.86. The lowest BCUT2D eigenvalue weighted by Gasteiger charge is -1.97. The van der Waals surface area contributed by atoms with Crippen LogP contribution in [0.5, 0.6) is 0 Å². The molecule has 0 bridgehead atoms. The quantitative estimate of drug-likeness (QED) is 0.567. The predicted molar refractivity (Wildman–Crippen MR) is 46.4 cm³/mol. The third-order valence-corrected chi connectivity index (χ3v) is 1.89. The van der Waals surface area contributed by atoms with Gasteiger partial charge in [0.25, 0.3) is 0 Å². The standard InChI is InChI=1S/C10H16N/c1-4-10-6-9(3)7-11(5-2)8-10/h6-8H,4-5H2,1-3H3/q+1. The van der Waals surface area contributed by atoms with E-state index in [1.807, 2.05) is 0 Å². The molecule has 1 aromatic rings. The second-order valence-electron chi connectivity index (χ2n) is 2.91. The molecule has 1 nitrogen and oxygen atoms in total. The highest BCUT2D eigenvalue weighted by Crippen LogP contribution is 1.99. The van der Waals surface area contributed by atoms with Gasteiger partial charge in [0.1, 0.15) is 6.54 Å². The Morgan fingerprint density at radius 2 is 2.00 bits per heavy atom. The van der Waals surface area contributed by atoms with Gasteiger partial charge >= 0.3 is 0 Å². The molecular weight excluding hydrogens is 134 g/mol. The largest absolute Gasteiger partial charge is 0.205 e. The van der Waals surface area contributed by atoms with Gasteiger partial charge in [-0.2, -0.15) is 0 Å². The number of pyridine rings is 1. The molecule has 0 saturated heterocycles. The van der Waals surface area contributed by atoms with Crippen LogP contribution in [0.4, 0.5) is 0 Å². The van der Waals surface area contributed by atoms with Gasteiger partial charge in [-0.15, -0.1) is 0 Å². The van der Waals surface area contributed by atoms with Crippen LogP contribution in [0, 0.1) is 6.92 Å². The number of aryl methyl sites for hydroxylation is 3. The first-order chi connectivity index (χ1) is 5.26. The lowest BCUT2D eigenvalue weighted by molar-refractivity contribution is -0.694. The first-order valence-electron chi connectivity index (χ1n) is 4.26. The van der Waals surface area contributed by atoms with Crippen molar-refractivity contribution in [3.05, 3.63) is 29.6 Å². The normalized spacial score (nSPS) is 10.1. The van der Waals surface area contributed by atoms with Crippen molar-refractivity contribution < 1.29 is 4.57 Å². The van der Waals surface area contributed by atoms with Crippen molar-refractivity contribution in [2.45, 2.75) is 33.7 Å². The van der Waals surface area contributed by atoms with Crippen molar-refractivity contribution in [2.24, 2.45) is 0 Å². The summed E-state index contributed by atoms with van der Waals surface area (Å²) in [7, 11) is 0. The van der Waals surface area contributed by atoms with E-state index in [0.29, 0.717) is 0 Å². The first kappa shape index (κ1) is 8.25. The summed E-state index contributed by atoms with van der Waals surface area (Å²) >= 11 is 0. The van der Waals surface area contributed by atoms with Gasteiger partial charge in [-0.1, -0.05) is 6.92 Å². The van der Waals surface area contributed by atoms with Crippen LogP contribution in [-0.2, 0) is 13.0 Å². The van der Waals surface area contributed by atoms with Gasteiger partial charge < -0.3 is 0 Å². The van der Waals surface area contributed by atoms with Gasteiger partial charge in [0.2, 0.25) is 0 Å². The molecule has 11 heavy (non-hydrogen) atoms. The molecule has 0 unspecified atom stereocenters. The Labute approximate surface area is 68.7 Å². The molecule has 0 atom stereocenters. The highest BCUT2D eigenvalue weighted by molar-refractivity contribution is 5.13. The van der Waals surface area contributed by atoms with Crippen molar-refractivity contribution in [2.75, 3.05) is 0 Å². The Hall–Kier alpha value is -0.850. The van der Waals surface area contributed by atoms with E-state index in [-0.39, 0.29) is 0 Å². The van der Waals surface area contributed by atoms with Crippen LogP contribution in [0.2, 0.25) is 0 Å². The average Bonchev–Trinajstić information content (AvgIpc) is 2.03. The van der Waals surface area contributed by atoms with Gasteiger partial charge in [0, 0.05) is 11.1 Å². The lowest BCUT2D eigenvalue weighted by atomic mass is 10.2. The maximum Gasteiger partial charge on any atom is 0.171 e. The van der Waals surface area contributed by atoms with E-state index in [1.165, 1.54) is 11.1 Å². The molecule has 0 fully saturated rings. The van der Waals surface area contributed by atoms with Gasteiger partial charge in [0.05, 0.1) is 0 Å². The molecule has 0 aliphatic rings. The third-order valence-electron chi connectivity index (χ3n) is 1.89. The molecule has 0 aliphatic carbocycles. The fourth-order valence-corrected chi connectivity index (χ4v) is 1.25. The molecule has 0 spiro atoms. The summed E-state index contributed by atoms with van der Waals surface area (Å²) in [6.07, 6.45) is 5.52. The molecule has 1 heteroatoms. The van der Waals surface area contributed by atoms with E-state index in [9.17, 15) is 0 Å². The highest BCUT2D eigenvalue weighted by Gasteiger charge is 2.00. The summed E-state index contributed by atoms with van der Waals surface area (Å²) in [6.45, 7) is 7.56. The molecule has 1 heterocycles. The SMILES string of the molecule is CCc1cc(C)c[n+](CC)c1. The summed E-state index contributed by atoms with van der Waals surface area (Å²) in [4.78, 5) is 0. The Balaban J connectivity index is 3.02. The van der Waals surface area contributed by atoms with Crippen LogP contribution in [0.3, 0.4) is 0 Å². The van der Waals surface area contributed by atoms with Crippen LogP contribution in [-0.4, -0.2) is 0 Å². The number of hydrogen-bond acceptors (Lipinski definition) is 0. The van der Waals surface area contributed by atoms with Gasteiger partial charge in [-0.05, 0) is 26.3 Å². The fraction of sp³-hybridized carbons (Fsp3) is 0.500. The monoisotopic (exact) mass is 150 g/mol. The van der Waals surface area contributed by atoms with Crippen molar-refractivity contribution >= 4 is 0 Å². The zero-order valence-corrected chi connectivity index (χ0v) is 7.59. The molecular formula is C10H16N+. The van der Waals surface area contributed by atoms with E-state index in [1.54, 1.807) is 0 Å². The molecule has 0 saturated carbocycles. The molecule has 0 aliphatic heterocycles. The Morgan fingerprint density at radius 1 is 1.27 bits per heavy atom. The first-order valence-corrected chi connectivity index (χ1v) is 4.26. The Bertz CT molecular complexity index is 218. The maximum absolute atomic E-state index is 2.24. The Morgan fingerprint density at radius 3 is 2.55 bits per heavy atom. The summed E-state index contributed by atoms with van der Waals surface area (Å²) in [5.74, 6) is 0. The minimum atomic E-state index is 1.06. The van der Waals surface area contributed by atoms with E-state index < -0.39 is 0 Å². The second-order valence-corrected chi connectivity index (χ2v) is 2.91. The van der Waals surface area contributed by atoms with E-state index in [2.05, 4.69) is 43.8 Å². The zero-order valence-electron chi connectivity index (χ0n) is 7.59. The van der Waals surface area contributed by atoms with Crippen molar-refractivity contribution in [1.29, 1.82) is 0 Å². The third kappa shape index (κ3) is 2.04. The molecule has 1 rings (SSSR count). The number of hydrogen-bond donors (Lipinski definition) is 0. The highest BCUT2D eigenvalue weighted by atomic mass is 14.9. The van der Waals surface area contributed by atoms with Crippen molar-refractivity contribution in [3.63, 3.8) is 0 Å².